The monoisotopic (exact) mass is 315 g/mol. The SMILES string of the molecule is CCCSc1ccccc1C(=O)Nc1ccc2c(c1)OCO2. The average molecular weight is 315 g/mol. The van der Waals surface area contributed by atoms with Crippen molar-refractivity contribution in [3.63, 3.8) is 0 Å². The molecule has 0 atom stereocenters. The quantitative estimate of drug-likeness (QED) is 0.841. The smallest absolute Gasteiger partial charge is 0.256 e. The Bertz CT molecular complexity index is 687. The largest absolute Gasteiger partial charge is 0.454 e. The molecule has 0 aliphatic carbocycles. The van der Waals surface area contributed by atoms with E-state index in [1.807, 2.05) is 30.3 Å². The number of benzene rings is 2. The number of carbonyl (C=O) groups excluding carboxylic acids is 1. The number of nitrogens with one attached hydrogen (secondary N) is 1. The number of anilines is 1. The van der Waals surface area contributed by atoms with Crippen molar-refractivity contribution in [2.24, 2.45) is 0 Å². The second-order valence-electron chi connectivity index (χ2n) is 4.87. The van der Waals surface area contributed by atoms with Crippen LogP contribution in [0.3, 0.4) is 0 Å². The predicted octanol–water partition coefficient (Wildman–Crippen LogP) is 4.17. The number of hydrogen-bond donors (Lipinski definition) is 1. The highest BCUT2D eigenvalue weighted by Gasteiger charge is 2.16. The third-order valence-corrected chi connectivity index (χ3v) is 4.50. The van der Waals surface area contributed by atoms with Gasteiger partial charge in [-0.2, -0.15) is 0 Å². The van der Waals surface area contributed by atoms with Gasteiger partial charge < -0.3 is 14.8 Å². The highest BCUT2D eigenvalue weighted by molar-refractivity contribution is 7.99. The topological polar surface area (TPSA) is 47.6 Å². The first-order valence-corrected chi connectivity index (χ1v) is 8.19. The van der Waals surface area contributed by atoms with E-state index in [1.54, 1.807) is 23.9 Å². The van der Waals surface area contributed by atoms with Gasteiger partial charge in [0.1, 0.15) is 0 Å². The zero-order valence-corrected chi connectivity index (χ0v) is 13.1. The summed E-state index contributed by atoms with van der Waals surface area (Å²) in [4.78, 5) is 13.5. The van der Waals surface area contributed by atoms with Crippen molar-refractivity contribution < 1.29 is 14.3 Å². The Labute approximate surface area is 133 Å². The standard InChI is InChI=1S/C17H17NO3S/c1-2-9-22-16-6-4-3-5-13(16)17(19)18-12-7-8-14-15(10-12)21-11-20-14/h3-8,10H,2,9,11H2,1H3,(H,18,19). The molecule has 1 heterocycles. The highest BCUT2D eigenvalue weighted by Crippen LogP contribution is 2.34. The lowest BCUT2D eigenvalue weighted by Crippen LogP contribution is -2.13. The minimum Gasteiger partial charge on any atom is -0.454 e. The lowest BCUT2D eigenvalue weighted by molar-refractivity contribution is 0.102. The van der Waals surface area contributed by atoms with Crippen molar-refractivity contribution in [3.05, 3.63) is 48.0 Å². The van der Waals surface area contributed by atoms with E-state index in [-0.39, 0.29) is 12.7 Å². The zero-order valence-electron chi connectivity index (χ0n) is 12.3. The van der Waals surface area contributed by atoms with Crippen LogP contribution >= 0.6 is 11.8 Å². The Morgan fingerprint density at radius 1 is 1.18 bits per heavy atom. The van der Waals surface area contributed by atoms with Gasteiger partial charge in [0.05, 0.1) is 5.56 Å². The van der Waals surface area contributed by atoms with Gasteiger partial charge in [0, 0.05) is 16.6 Å². The average Bonchev–Trinajstić information content (AvgIpc) is 3.00. The molecule has 2 aromatic carbocycles. The number of ether oxygens (including phenoxy) is 2. The van der Waals surface area contributed by atoms with Gasteiger partial charge in [-0.25, -0.2) is 0 Å². The molecule has 0 bridgehead atoms. The van der Waals surface area contributed by atoms with Gasteiger partial charge in [-0.1, -0.05) is 19.1 Å². The molecule has 1 amide bonds. The maximum atomic E-state index is 12.5. The van der Waals surface area contributed by atoms with Crippen LogP contribution in [0, 0.1) is 0 Å². The predicted molar refractivity (Wildman–Crippen MR) is 88.0 cm³/mol. The van der Waals surface area contributed by atoms with Crippen LogP contribution in [0.15, 0.2) is 47.4 Å². The van der Waals surface area contributed by atoms with Crippen LogP contribution in [0.2, 0.25) is 0 Å². The summed E-state index contributed by atoms with van der Waals surface area (Å²) in [6, 6.07) is 13.1. The molecule has 22 heavy (non-hydrogen) atoms. The fourth-order valence-electron chi connectivity index (χ4n) is 2.16. The maximum absolute atomic E-state index is 12.5. The van der Waals surface area contributed by atoms with E-state index < -0.39 is 0 Å². The molecule has 0 radical (unpaired) electrons. The van der Waals surface area contributed by atoms with E-state index in [4.69, 9.17) is 9.47 Å². The van der Waals surface area contributed by atoms with Crippen molar-refractivity contribution in [2.75, 3.05) is 17.9 Å². The lowest BCUT2D eigenvalue weighted by Gasteiger charge is -2.10. The van der Waals surface area contributed by atoms with Gasteiger partial charge in [-0.15, -0.1) is 11.8 Å². The molecule has 0 saturated carbocycles. The Morgan fingerprint density at radius 3 is 2.86 bits per heavy atom. The normalized spacial score (nSPS) is 12.2. The number of thioether (sulfide) groups is 1. The molecule has 0 aromatic heterocycles. The molecule has 1 aliphatic heterocycles. The van der Waals surface area contributed by atoms with E-state index in [9.17, 15) is 4.79 Å². The van der Waals surface area contributed by atoms with E-state index in [0.29, 0.717) is 22.7 Å². The van der Waals surface area contributed by atoms with Crippen LogP contribution in [0.25, 0.3) is 0 Å². The minimum atomic E-state index is -0.113. The van der Waals surface area contributed by atoms with Crippen molar-refractivity contribution >= 4 is 23.4 Å². The summed E-state index contributed by atoms with van der Waals surface area (Å²) in [5.41, 5.74) is 1.39. The molecule has 114 valence electrons. The van der Waals surface area contributed by atoms with Gasteiger partial charge in [0.2, 0.25) is 6.79 Å². The van der Waals surface area contributed by atoms with Gasteiger partial charge in [0.15, 0.2) is 11.5 Å². The first kappa shape index (κ1) is 14.8. The molecular weight excluding hydrogens is 298 g/mol. The molecule has 1 aliphatic rings. The summed E-state index contributed by atoms with van der Waals surface area (Å²) >= 11 is 1.70. The summed E-state index contributed by atoms with van der Waals surface area (Å²) in [7, 11) is 0. The van der Waals surface area contributed by atoms with Crippen LogP contribution in [0.1, 0.15) is 23.7 Å². The number of rotatable bonds is 5. The molecule has 0 unspecified atom stereocenters. The fourth-order valence-corrected chi connectivity index (χ4v) is 3.08. The van der Waals surface area contributed by atoms with Crippen molar-refractivity contribution in [3.8, 4) is 11.5 Å². The highest BCUT2D eigenvalue weighted by atomic mass is 32.2. The lowest BCUT2D eigenvalue weighted by atomic mass is 10.2. The summed E-state index contributed by atoms with van der Waals surface area (Å²) in [5.74, 6) is 2.25. The summed E-state index contributed by atoms with van der Waals surface area (Å²) in [6.45, 7) is 2.35. The molecule has 3 rings (SSSR count). The summed E-state index contributed by atoms with van der Waals surface area (Å²) in [6.07, 6.45) is 1.07. The molecule has 5 heteroatoms. The van der Waals surface area contributed by atoms with Crippen molar-refractivity contribution in [1.29, 1.82) is 0 Å². The van der Waals surface area contributed by atoms with Crippen LogP contribution in [-0.2, 0) is 0 Å². The third kappa shape index (κ3) is 3.20. The van der Waals surface area contributed by atoms with Gasteiger partial charge >= 0.3 is 0 Å². The Balaban J connectivity index is 1.77. The van der Waals surface area contributed by atoms with E-state index in [1.165, 1.54) is 0 Å². The number of fused-ring (bicyclic) bond motifs is 1. The van der Waals surface area contributed by atoms with E-state index in [0.717, 1.165) is 17.1 Å². The molecule has 1 N–H and O–H groups in total. The Kier molecular flexibility index (Phi) is 4.53. The summed E-state index contributed by atoms with van der Waals surface area (Å²) in [5, 5.41) is 2.92. The Morgan fingerprint density at radius 2 is 2.00 bits per heavy atom. The van der Waals surface area contributed by atoms with Crippen molar-refractivity contribution in [2.45, 2.75) is 18.2 Å². The van der Waals surface area contributed by atoms with Gasteiger partial charge in [0.25, 0.3) is 5.91 Å². The number of carbonyl (C=O) groups is 1. The third-order valence-electron chi connectivity index (χ3n) is 3.22. The van der Waals surface area contributed by atoms with Crippen molar-refractivity contribution in [1.82, 2.24) is 0 Å². The molecular formula is C17H17NO3S. The first-order valence-electron chi connectivity index (χ1n) is 7.21. The molecule has 0 spiro atoms. The number of amides is 1. The van der Waals surface area contributed by atoms with Crippen LogP contribution in [0.4, 0.5) is 5.69 Å². The summed E-state index contributed by atoms with van der Waals surface area (Å²) < 4.78 is 10.6. The van der Waals surface area contributed by atoms with Crippen LogP contribution in [0.5, 0.6) is 11.5 Å². The van der Waals surface area contributed by atoms with E-state index in [2.05, 4.69) is 12.2 Å². The van der Waals surface area contributed by atoms with Crippen LogP contribution < -0.4 is 14.8 Å². The molecule has 4 nitrogen and oxygen atoms in total. The molecule has 0 fully saturated rings. The minimum absolute atomic E-state index is 0.113. The fraction of sp³-hybridized carbons (Fsp3) is 0.235. The second kappa shape index (κ2) is 6.75. The van der Waals surface area contributed by atoms with Crippen LogP contribution in [-0.4, -0.2) is 18.5 Å². The van der Waals surface area contributed by atoms with Gasteiger partial charge in [-0.05, 0) is 36.4 Å². The zero-order chi connectivity index (χ0) is 15.4. The molecule has 2 aromatic rings. The second-order valence-corrected chi connectivity index (χ2v) is 6.00. The first-order chi connectivity index (χ1) is 10.8. The maximum Gasteiger partial charge on any atom is 0.256 e. The van der Waals surface area contributed by atoms with E-state index >= 15 is 0 Å². The molecule has 0 saturated heterocycles. The number of hydrogen-bond acceptors (Lipinski definition) is 4. The van der Waals surface area contributed by atoms with Gasteiger partial charge in [-0.3, -0.25) is 4.79 Å². The Hall–Kier alpha value is -2.14.